The number of carbonyl (C=O) groups is 1. The first-order chi connectivity index (χ1) is 9.65. The van der Waals surface area contributed by atoms with Crippen molar-refractivity contribution in [1.29, 1.82) is 0 Å². The Balaban J connectivity index is 2.97. The number of hydrazine groups is 1. The van der Waals surface area contributed by atoms with E-state index in [1.807, 2.05) is 6.92 Å². The van der Waals surface area contributed by atoms with Crippen LogP contribution in [0.15, 0.2) is 12.1 Å². The minimum atomic E-state index is -0.176. The molecule has 0 aliphatic rings. The molecule has 0 spiro atoms. The Labute approximate surface area is 118 Å². The van der Waals surface area contributed by atoms with Crippen LogP contribution in [0.2, 0.25) is 0 Å². The summed E-state index contributed by atoms with van der Waals surface area (Å²) in [6, 6.07) is 3.33. The predicted molar refractivity (Wildman–Crippen MR) is 76.3 cm³/mol. The van der Waals surface area contributed by atoms with Crippen molar-refractivity contribution in [3.05, 3.63) is 23.4 Å². The number of ether oxygens (including phenoxy) is 1. The zero-order valence-electron chi connectivity index (χ0n) is 11.9. The number of carbonyl (C=O) groups excluding carboxylic acids is 1. The molecule has 0 aliphatic carbocycles. The number of amides is 1. The number of aliphatic hydroxyl groups is 1. The first kappa shape index (κ1) is 16.4. The molecule has 20 heavy (non-hydrogen) atoms. The Morgan fingerprint density at radius 1 is 1.50 bits per heavy atom. The molecular formula is C13H22N4O3. The molecular weight excluding hydrogens is 260 g/mol. The SMILES string of the molecule is CCc1cc(C(=O)N(CCO)CCOC)cc(NN)n1. The lowest BCUT2D eigenvalue weighted by molar-refractivity contribution is 0.0656. The van der Waals surface area contributed by atoms with E-state index in [-0.39, 0.29) is 19.1 Å². The van der Waals surface area contributed by atoms with Gasteiger partial charge in [0.25, 0.3) is 5.91 Å². The highest BCUT2D eigenvalue weighted by molar-refractivity contribution is 5.95. The van der Waals surface area contributed by atoms with Gasteiger partial charge in [-0.15, -0.1) is 0 Å². The smallest absolute Gasteiger partial charge is 0.254 e. The van der Waals surface area contributed by atoms with E-state index < -0.39 is 0 Å². The van der Waals surface area contributed by atoms with Gasteiger partial charge in [-0.1, -0.05) is 6.92 Å². The van der Waals surface area contributed by atoms with Gasteiger partial charge in [-0.3, -0.25) is 4.79 Å². The van der Waals surface area contributed by atoms with Crippen LogP contribution in [0.4, 0.5) is 5.82 Å². The van der Waals surface area contributed by atoms with Crippen LogP contribution in [0, 0.1) is 0 Å². The number of nitrogens with zero attached hydrogens (tertiary/aromatic N) is 2. The highest BCUT2D eigenvalue weighted by Gasteiger charge is 2.16. The Hall–Kier alpha value is -1.70. The minimum absolute atomic E-state index is 0.0941. The standard InChI is InChI=1S/C13H22N4O3/c1-3-11-8-10(9-12(15-11)16-14)13(19)17(4-6-18)5-7-20-2/h8-9,18H,3-7,14H2,1-2H3,(H,15,16). The molecule has 0 atom stereocenters. The summed E-state index contributed by atoms with van der Waals surface area (Å²) in [6.07, 6.45) is 0.702. The first-order valence-electron chi connectivity index (χ1n) is 6.52. The van der Waals surface area contributed by atoms with Gasteiger partial charge in [0, 0.05) is 31.5 Å². The largest absolute Gasteiger partial charge is 0.395 e. The Bertz CT molecular complexity index is 417. The molecule has 0 fully saturated rings. The van der Waals surface area contributed by atoms with Crippen molar-refractivity contribution in [2.75, 3.05) is 38.8 Å². The number of nitrogen functional groups attached to an aromatic ring is 1. The van der Waals surface area contributed by atoms with Crippen molar-refractivity contribution in [2.45, 2.75) is 13.3 Å². The quantitative estimate of drug-likeness (QED) is 0.459. The molecule has 1 aromatic heterocycles. The lowest BCUT2D eigenvalue weighted by atomic mass is 10.1. The second kappa shape index (κ2) is 8.47. The summed E-state index contributed by atoms with van der Waals surface area (Å²) in [4.78, 5) is 18.2. The molecule has 0 aromatic carbocycles. The van der Waals surface area contributed by atoms with Crippen molar-refractivity contribution in [2.24, 2.45) is 5.84 Å². The van der Waals surface area contributed by atoms with E-state index >= 15 is 0 Å². The summed E-state index contributed by atoms with van der Waals surface area (Å²) >= 11 is 0. The number of nitrogens with one attached hydrogen (secondary N) is 1. The van der Waals surface area contributed by atoms with Gasteiger partial charge in [0.05, 0.1) is 13.2 Å². The monoisotopic (exact) mass is 282 g/mol. The second-order valence-electron chi connectivity index (χ2n) is 4.24. The highest BCUT2D eigenvalue weighted by atomic mass is 16.5. The van der Waals surface area contributed by atoms with E-state index in [2.05, 4.69) is 10.4 Å². The number of pyridine rings is 1. The van der Waals surface area contributed by atoms with Gasteiger partial charge in [0.15, 0.2) is 0 Å². The lowest BCUT2D eigenvalue weighted by Gasteiger charge is -2.21. The zero-order chi connectivity index (χ0) is 15.0. The second-order valence-corrected chi connectivity index (χ2v) is 4.24. The van der Waals surface area contributed by atoms with E-state index in [0.29, 0.717) is 31.0 Å². The van der Waals surface area contributed by atoms with Gasteiger partial charge >= 0.3 is 0 Å². The molecule has 0 unspecified atom stereocenters. The third kappa shape index (κ3) is 4.44. The van der Waals surface area contributed by atoms with Gasteiger partial charge in [-0.05, 0) is 18.6 Å². The number of anilines is 1. The summed E-state index contributed by atoms with van der Waals surface area (Å²) in [7, 11) is 1.57. The van der Waals surface area contributed by atoms with Gasteiger partial charge < -0.3 is 20.2 Å². The van der Waals surface area contributed by atoms with Crippen molar-refractivity contribution >= 4 is 11.7 Å². The number of hydrogen-bond acceptors (Lipinski definition) is 6. The van der Waals surface area contributed by atoms with Gasteiger partial charge in [-0.2, -0.15) is 0 Å². The number of methoxy groups -OCH3 is 1. The zero-order valence-corrected chi connectivity index (χ0v) is 11.9. The van der Waals surface area contributed by atoms with Gasteiger partial charge in [0.2, 0.25) is 0 Å². The van der Waals surface area contributed by atoms with Crippen molar-refractivity contribution in [3.8, 4) is 0 Å². The molecule has 0 bridgehead atoms. The molecule has 1 aromatic rings. The minimum Gasteiger partial charge on any atom is -0.395 e. The molecule has 0 saturated heterocycles. The molecule has 1 rings (SSSR count). The predicted octanol–water partition coefficient (Wildman–Crippen LogP) is 0.0105. The summed E-state index contributed by atoms with van der Waals surface area (Å²) in [5.41, 5.74) is 3.73. The van der Waals surface area contributed by atoms with Crippen LogP contribution in [-0.2, 0) is 11.2 Å². The van der Waals surface area contributed by atoms with E-state index in [9.17, 15) is 4.79 Å². The molecule has 1 heterocycles. The van der Waals surface area contributed by atoms with E-state index in [1.54, 1.807) is 24.1 Å². The third-order valence-electron chi connectivity index (χ3n) is 2.86. The third-order valence-corrected chi connectivity index (χ3v) is 2.86. The number of rotatable bonds is 8. The van der Waals surface area contributed by atoms with E-state index in [0.717, 1.165) is 5.69 Å². The molecule has 7 nitrogen and oxygen atoms in total. The fraction of sp³-hybridized carbons (Fsp3) is 0.538. The maximum atomic E-state index is 12.4. The number of nitrogens with two attached hydrogens (primary N) is 1. The maximum absolute atomic E-state index is 12.4. The number of aliphatic hydroxyl groups excluding tert-OH is 1. The fourth-order valence-electron chi connectivity index (χ4n) is 1.79. The van der Waals surface area contributed by atoms with Crippen LogP contribution in [0.3, 0.4) is 0 Å². The van der Waals surface area contributed by atoms with Crippen molar-refractivity contribution < 1.29 is 14.6 Å². The molecule has 0 radical (unpaired) electrons. The van der Waals surface area contributed by atoms with Crippen LogP contribution in [-0.4, -0.2) is 54.3 Å². The van der Waals surface area contributed by atoms with Crippen LogP contribution in [0.25, 0.3) is 0 Å². The number of aryl methyl sites for hydroxylation is 1. The fourth-order valence-corrected chi connectivity index (χ4v) is 1.79. The van der Waals surface area contributed by atoms with Gasteiger partial charge in [-0.25, -0.2) is 10.8 Å². The Morgan fingerprint density at radius 2 is 2.25 bits per heavy atom. The Morgan fingerprint density at radius 3 is 2.80 bits per heavy atom. The van der Waals surface area contributed by atoms with Crippen molar-refractivity contribution in [3.63, 3.8) is 0 Å². The van der Waals surface area contributed by atoms with Gasteiger partial charge in [0.1, 0.15) is 5.82 Å². The average Bonchev–Trinajstić information content (AvgIpc) is 2.50. The first-order valence-corrected chi connectivity index (χ1v) is 6.52. The average molecular weight is 282 g/mol. The summed E-state index contributed by atoms with van der Waals surface area (Å²) in [5.74, 6) is 5.63. The molecule has 1 amide bonds. The lowest BCUT2D eigenvalue weighted by Crippen LogP contribution is -2.36. The summed E-state index contributed by atoms with van der Waals surface area (Å²) < 4.78 is 4.97. The molecule has 4 N–H and O–H groups in total. The molecule has 112 valence electrons. The van der Waals surface area contributed by atoms with Crippen LogP contribution in [0.1, 0.15) is 23.0 Å². The Kier molecular flexibility index (Phi) is 6.92. The number of aromatic nitrogens is 1. The van der Waals surface area contributed by atoms with Crippen LogP contribution >= 0.6 is 0 Å². The topological polar surface area (TPSA) is 101 Å². The molecule has 0 aliphatic heterocycles. The van der Waals surface area contributed by atoms with Crippen LogP contribution in [0.5, 0.6) is 0 Å². The molecule has 7 heteroatoms. The van der Waals surface area contributed by atoms with Crippen LogP contribution < -0.4 is 11.3 Å². The molecule has 0 saturated carbocycles. The van der Waals surface area contributed by atoms with Crippen molar-refractivity contribution in [1.82, 2.24) is 9.88 Å². The normalized spacial score (nSPS) is 10.4. The summed E-state index contributed by atoms with van der Waals surface area (Å²) in [6.45, 7) is 2.96. The van der Waals surface area contributed by atoms with E-state index in [1.165, 1.54) is 0 Å². The highest BCUT2D eigenvalue weighted by Crippen LogP contribution is 2.13. The van der Waals surface area contributed by atoms with E-state index in [4.69, 9.17) is 15.7 Å². The number of hydrogen-bond donors (Lipinski definition) is 3. The maximum Gasteiger partial charge on any atom is 0.254 e. The summed E-state index contributed by atoms with van der Waals surface area (Å²) in [5, 5.41) is 9.05.